The Balaban J connectivity index is 1.58. The number of hydrogen-bond donors (Lipinski definition) is 1. The first-order valence-corrected chi connectivity index (χ1v) is 8.94. The Morgan fingerprint density at radius 3 is 2.48 bits per heavy atom. The molecule has 27 heavy (non-hydrogen) atoms. The summed E-state index contributed by atoms with van der Waals surface area (Å²) in [6, 6.07) is 17.0. The molecule has 136 valence electrons. The Bertz CT molecular complexity index is 885. The van der Waals surface area contributed by atoms with Gasteiger partial charge in [0.15, 0.2) is 5.78 Å². The smallest absolute Gasteiger partial charge is 0.185 e. The quantitative estimate of drug-likeness (QED) is 0.573. The van der Waals surface area contributed by atoms with Crippen LogP contribution in [0.3, 0.4) is 0 Å². The molecule has 3 heteroatoms. The van der Waals surface area contributed by atoms with E-state index in [1.54, 1.807) is 6.08 Å². The highest BCUT2D eigenvalue weighted by Crippen LogP contribution is 2.21. The van der Waals surface area contributed by atoms with Gasteiger partial charge in [-0.25, -0.2) is 0 Å². The molecule has 0 atom stereocenters. The van der Waals surface area contributed by atoms with Gasteiger partial charge in [-0.15, -0.1) is 0 Å². The fourth-order valence-electron chi connectivity index (χ4n) is 2.71. The number of aliphatic hydroxyl groups is 1. The molecule has 0 amide bonds. The zero-order chi connectivity index (χ0) is 18.9. The van der Waals surface area contributed by atoms with Gasteiger partial charge in [0.25, 0.3) is 0 Å². The monoisotopic (exact) mass is 358 g/mol. The van der Waals surface area contributed by atoms with Crippen LogP contribution in [-0.4, -0.2) is 24.1 Å². The van der Waals surface area contributed by atoms with Gasteiger partial charge in [-0.3, -0.25) is 4.79 Å². The molecule has 1 aliphatic rings. The minimum absolute atomic E-state index is 0.00902. The summed E-state index contributed by atoms with van der Waals surface area (Å²) >= 11 is 0. The number of carbonyl (C=O) groups is 1. The lowest BCUT2D eigenvalue weighted by Gasteiger charge is -2.07. The van der Waals surface area contributed by atoms with E-state index in [-0.39, 0.29) is 12.4 Å². The molecular weight excluding hydrogens is 336 g/mol. The van der Waals surface area contributed by atoms with Gasteiger partial charge >= 0.3 is 0 Å². The van der Waals surface area contributed by atoms with E-state index >= 15 is 0 Å². The molecule has 0 spiro atoms. The Morgan fingerprint density at radius 2 is 1.81 bits per heavy atom. The first-order valence-electron chi connectivity index (χ1n) is 8.94. The van der Waals surface area contributed by atoms with Gasteiger partial charge in [-0.1, -0.05) is 72.8 Å². The van der Waals surface area contributed by atoms with Gasteiger partial charge in [0.05, 0.1) is 6.61 Å². The molecule has 0 fully saturated rings. The maximum absolute atomic E-state index is 12.1. The van der Waals surface area contributed by atoms with Crippen LogP contribution in [-0.2, 0) is 0 Å². The highest BCUT2D eigenvalue weighted by molar-refractivity contribution is 6.04. The third-order valence-corrected chi connectivity index (χ3v) is 4.14. The van der Waals surface area contributed by atoms with Crippen LogP contribution >= 0.6 is 0 Å². The molecule has 2 aromatic carbocycles. The largest absolute Gasteiger partial charge is 0.491 e. The van der Waals surface area contributed by atoms with Crippen LogP contribution in [0.15, 0.2) is 96.1 Å². The predicted octanol–water partition coefficient (Wildman–Crippen LogP) is 4.77. The lowest BCUT2D eigenvalue weighted by Crippen LogP contribution is -2.01. The van der Waals surface area contributed by atoms with Crippen molar-refractivity contribution in [3.8, 4) is 5.75 Å². The van der Waals surface area contributed by atoms with Gasteiger partial charge in [-0.05, 0) is 41.3 Å². The lowest BCUT2D eigenvalue weighted by molar-refractivity contribution is 0.104. The van der Waals surface area contributed by atoms with Crippen LogP contribution in [0, 0.1) is 0 Å². The Kier molecular flexibility index (Phi) is 6.55. The molecule has 0 saturated heterocycles. The Labute approximate surface area is 159 Å². The average molecular weight is 358 g/mol. The summed E-state index contributed by atoms with van der Waals surface area (Å²) in [4.78, 5) is 12.1. The van der Waals surface area contributed by atoms with Crippen molar-refractivity contribution in [3.05, 3.63) is 107 Å². The van der Waals surface area contributed by atoms with E-state index in [1.807, 2.05) is 66.7 Å². The molecule has 1 aliphatic carbocycles. The number of benzene rings is 2. The van der Waals surface area contributed by atoms with Crippen LogP contribution < -0.4 is 4.74 Å². The highest BCUT2D eigenvalue weighted by atomic mass is 16.5. The summed E-state index contributed by atoms with van der Waals surface area (Å²) in [7, 11) is 0. The molecule has 2 aromatic rings. The second-order valence-electron chi connectivity index (χ2n) is 6.17. The number of allylic oxidation sites excluding steroid dienone is 7. The molecule has 1 N–H and O–H groups in total. The van der Waals surface area contributed by atoms with Crippen molar-refractivity contribution in [2.24, 2.45) is 0 Å². The van der Waals surface area contributed by atoms with Crippen molar-refractivity contribution in [2.75, 3.05) is 13.2 Å². The Hall–Kier alpha value is -3.17. The number of carbonyl (C=O) groups excluding carboxylic acids is 1. The second-order valence-corrected chi connectivity index (χ2v) is 6.17. The van der Waals surface area contributed by atoms with E-state index in [4.69, 9.17) is 9.84 Å². The number of ketones is 1. The van der Waals surface area contributed by atoms with Crippen molar-refractivity contribution in [2.45, 2.75) is 6.42 Å². The normalized spacial score (nSPS) is 15.1. The van der Waals surface area contributed by atoms with Crippen LogP contribution in [0.4, 0.5) is 0 Å². The molecule has 3 nitrogen and oxygen atoms in total. The average Bonchev–Trinajstić information content (AvgIpc) is 2.73. The van der Waals surface area contributed by atoms with Crippen molar-refractivity contribution < 1.29 is 14.6 Å². The van der Waals surface area contributed by atoms with Crippen molar-refractivity contribution in [3.63, 3.8) is 0 Å². The fourth-order valence-corrected chi connectivity index (χ4v) is 2.71. The zero-order valence-corrected chi connectivity index (χ0v) is 15.0. The SMILES string of the molecule is O=C(C=CC1=CCC(=Cc2ccc(OCCO)cc2)C=C1)c1ccccc1. The van der Waals surface area contributed by atoms with E-state index in [2.05, 4.69) is 18.2 Å². The highest BCUT2D eigenvalue weighted by Gasteiger charge is 2.03. The number of rotatable bonds is 7. The van der Waals surface area contributed by atoms with E-state index in [9.17, 15) is 4.79 Å². The van der Waals surface area contributed by atoms with Gasteiger partial charge in [0, 0.05) is 5.56 Å². The maximum Gasteiger partial charge on any atom is 0.185 e. The Morgan fingerprint density at radius 1 is 1.04 bits per heavy atom. The standard InChI is InChI=1S/C24H22O3/c25-16-17-27-23-13-10-21(11-14-23)18-20-8-6-19(7-9-20)12-15-24(26)22-4-2-1-3-5-22/h1-8,10-15,18,25H,9,16-17H2. The molecule has 0 aliphatic heterocycles. The number of ether oxygens (including phenoxy) is 1. The third kappa shape index (κ3) is 5.66. The molecule has 0 heterocycles. The van der Waals surface area contributed by atoms with Gasteiger partial charge in [-0.2, -0.15) is 0 Å². The molecule has 0 radical (unpaired) electrons. The van der Waals surface area contributed by atoms with E-state index in [0.717, 1.165) is 23.3 Å². The first-order chi connectivity index (χ1) is 13.2. The molecule has 0 bridgehead atoms. The molecular formula is C24H22O3. The van der Waals surface area contributed by atoms with Crippen molar-refractivity contribution >= 4 is 11.9 Å². The van der Waals surface area contributed by atoms with Crippen LogP contribution in [0.5, 0.6) is 5.75 Å². The lowest BCUT2D eigenvalue weighted by atomic mass is 9.99. The molecule has 0 unspecified atom stereocenters. The molecule has 3 rings (SSSR count). The third-order valence-electron chi connectivity index (χ3n) is 4.14. The minimum Gasteiger partial charge on any atom is -0.491 e. The van der Waals surface area contributed by atoms with E-state index < -0.39 is 0 Å². The summed E-state index contributed by atoms with van der Waals surface area (Å²) in [6.45, 7) is 0.313. The van der Waals surface area contributed by atoms with E-state index in [0.29, 0.717) is 12.2 Å². The maximum atomic E-state index is 12.1. The van der Waals surface area contributed by atoms with Gasteiger partial charge < -0.3 is 9.84 Å². The summed E-state index contributed by atoms with van der Waals surface area (Å²) in [5.41, 5.74) is 4.02. The summed E-state index contributed by atoms with van der Waals surface area (Å²) in [5.74, 6) is 0.760. The van der Waals surface area contributed by atoms with Gasteiger partial charge in [0.1, 0.15) is 12.4 Å². The van der Waals surface area contributed by atoms with Crippen molar-refractivity contribution in [1.29, 1.82) is 0 Å². The molecule has 0 saturated carbocycles. The summed E-state index contributed by atoms with van der Waals surface area (Å²) < 4.78 is 5.36. The second kappa shape index (κ2) is 9.51. The summed E-state index contributed by atoms with van der Waals surface area (Å²) in [6.07, 6.45) is 12.6. The number of aliphatic hydroxyl groups excluding tert-OH is 1. The van der Waals surface area contributed by atoms with Crippen LogP contribution in [0.25, 0.3) is 6.08 Å². The minimum atomic E-state index is 0.00902. The van der Waals surface area contributed by atoms with E-state index in [1.165, 1.54) is 5.57 Å². The van der Waals surface area contributed by atoms with Crippen LogP contribution in [0.2, 0.25) is 0 Å². The topological polar surface area (TPSA) is 46.5 Å². The van der Waals surface area contributed by atoms with Gasteiger partial charge in [0.2, 0.25) is 0 Å². The van der Waals surface area contributed by atoms with Crippen molar-refractivity contribution in [1.82, 2.24) is 0 Å². The first kappa shape index (κ1) is 18.6. The molecule has 0 aromatic heterocycles. The zero-order valence-electron chi connectivity index (χ0n) is 15.0. The predicted molar refractivity (Wildman–Crippen MR) is 109 cm³/mol. The fraction of sp³-hybridized carbons (Fsp3) is 0.125. The number of hydrogen-bond acceptors (Lipinski definition) is 3. The summed E-state index contributed by atoms with van der Waals surface area (Å²) in [5, 5.41) is 8.78. The van der Waals surface area contributed by atoms with Crippen LogP contribution in [0.1, 0.15) is 22.3 Å².